The Morgan fingerprint density at radius 3 is 3.00 bits per heavy atom. The third-order valence-corrected chi connectivity index (χ3v) is 2.11. The summed E-state index contributed by atoms with van der Waals surface area (Å²) in [7, 11) is 0. The van der Waals surface area contributed by atoms with Gasteiger partial charge in [-0.15, -0.1) is 0 Å². The van der Waals surface area contributed by atoms with E-state index in [9.17, 15) is 4.79 Å². The van der Waals surface area contributed by atoms with Crippen molar-refractivity contribution in [3.63, 3.8) is 0 Å². The molecule has 0 amide bonds. The molecule has 2 N–H and O–H groups in total. The zero-order chi connectivity index (χ0) is 9.68. The monoisotopic (exact) mass is 181 g/mol. The highest BCUT2D eigenvalue weighted by molar-refractivity contribution is 5.82. The van der Waals surface area contributed by atoms with E-state index in [1.165, 1.54) is 0 Å². The number of carbonyl (C=O) groups is 1. The van der Waals surface area contributed by atoms with E-state index >= 15 is 0 Å². The standard InChI is InChI=1S/C10H15NO2/c1-8(2-4-11)10(12)6-9-3-5-13-7-9/h3,5,7-8H,2,4,6,11H2,1H3. The van der Waals surface area contributed by atoms with Crippen LogP contribution in [-0.2, 0) is 11.2 Å². The molecule has 1 rings (SSSR count). The first-order valence-electron chi connectivity index (χ1n) is 4.48. The third kappa shape index (κ3) is 3.03. The SMILES string of the molecule is CC(CCN)C(=O)Cc1ccoc1. The van der Waals surface area contributed by atoms with E-state index in [4.69, 9.17) is 10.2 Å². The van der Waals surface area contributed by atoms with Crippen molar-refractivity contribution in [2.24, 2.45) is 11.7 Å². The molecule has 1 aromatic rings. The zero-order valence-corrected chi connectivity index (χ0v) is 7.82. The third-order valence-electron chi connectivity index (χ3n) is 2.11. The largest absolute Gasteiger partial charge is 0.472 e. The van der Waals surface area contributed by atoms with Gasteiger partial charge in [-0.3, -0.25) is 4.79 Å². The molecule has 0 radical (unpaired) electrons. The highest BCUT2D eigenvalue weighted by Crippen LogP contribution is 2.08. The van der Waals surface area contributed by atoms with E-state index in [2.05, 4.69) is 0 Å². The Kier molecular flexibility index (Phi) is 3.71. The Hall–Kier alpha value is -1.09. The van der Waals surface area contributed by atoms with E-state index in [0.717, 1.165) is 12.0 Å². The van der Waals surface area contributed by atoms with Crippen molar-refractivity contribution < 1.29 is 9.21 Å². The van der Waals surface area contributed by atoms with Crippen LogP contribution in [0.4, 0.5) is 0 Å². The van der Waals surface area contributed by atoms with Crippen molar-refractivity contribution in [2.45, 2.75) is 19.8 Å². The first kappa shape index (κ1) is 9.99. The summed E-state index contributed by atoms with van der Waals surface area (Å²) in [6, 6.07) is 1.81. The molecule has 1 heterocycles. The molecule has 0 saturated heterocycles. The van der Waals surface area contributed by atoms with Crippen LogP contribution >= 0.6 is 0 Å². The Balaban J connectivity index is 2.41. The van der Waals surface area contributed by atoms with E-state index in [1.807, 2.05) is 13.0 Å². The molecule has 0 spiro atoms. The molecule has 3 heteroatoms. The van der Waals surface area contributed by atoms with Gasteiger partial charge in [-0.25, -0.2) is 0 Å². The van der Waals surface area contributed by atoms with Crippen LogP contribution in [0.2, 0.25) is 0 Å². The molecule has 0 aliphatic rings. The van der Waals surface area contributed by atoms with Crippen LogP contribution in [0.25, 0.3) is 0 Å². The zero-order valence-electron chi connectivity index (χ0n) is 7.82. The highest BCUT2D eigenvalue weighted by atomic mass is 16.3. The molecule has 0 saturated carbocycles. The van der Waals surface area contributed by atoms with Crippen LogP contribution in [0.5, 0.6) is 0 Å². The second kappa shape index (κ2) is 4.82. The van der Waals surface area contributed by atoms with Crippen LogP contribution < -0.4 is 5.73 Å². The first-order valence-corrected chi connectivity index (χ1v) is 4.48. The van der Waals surface area contributed by atoms with Gasteiger partial charge in [0.2, 0.25) is 0 Å². The Bertz CT molecular complexity index is 254. The number of ketones is 1. The van der Waals surface area contributed by atoms with Gasteiger partial charge in [0.25, 0.3) is 0 Å². The molecular formula is C10H15NO2. The van der Waals surface area contributed by atoms with Gasteiger partial charge in [0, 0.05) is 12.3 Å². The van der Waals surface area contributed by atoms with Crippen molar-refractivity contribution in [3.8, 4) is 0 Å². The van der Waals surface area contributed by atoms with E-state index < -0.39 is 0 Å². The van der Waals surface area contributed by atoms with Gasteiger partial charge >= 0.3 is 0 Å². The minimum absolute atomic E-state index is 0.0555. The van der Waals surface area contributed by atoms with Gasteiger partial charge in [-0.05, 0) is 24.6 Å². The van der Waals surface area contributed by atoms with Gasteiger partial charge in [-0.1, -0.05) is 6.92 Å². The van der Waals surface area contributed by atoms with Crippen LogP contribution in [0.15, 0.2) is 23.0 Å². The normalized spacial score (nSPS) is 12.8. The molecule has 72 valence electrons. The Morgan fingerprint density at radius 1 is 1.69 bits per heavy atom. The number of hydrogen-bond acceptors (Lipinski definition) is 3. The molecule has 0 bridgehead atoms. The van der Waals surface area contributed by atoms with Crippen LogP contribution in [-0.4, -0.2) is 12.3 Å². The van der Waals surface area contributed by atoms with Gasteiger partial charge in [0.1, 0.15) is 5.78 Å². The van der Waals surface area contributed by atoms with Gasteiger partial charge < -0.3 is 10.2 Å². The van der Waals surface area contributed by atoms with Crippen molar-refractivity contribution in [3.05, 3.63) is 24.2 Å². The average Bonchev–Trinajstić information content (AvgIpc) is 2.57. The number of rotatable bonds is 5. The van der Waals surface area contributed by atoms with Crippen molar-refractivity contribution in [1.29, 1.82) is 0 Å². The van der Waals surface area contributed by atoms with Crippen LogP contribution in [0.1, 0.15) is 18.9 Å². The lowest BCUT2D eigenvalue weighted by Crippen LogP contribution is -2.17. The summed E-state index contributed by atoms with van der Waals surface area (Å²) in [5.74, 6) is 0.284. The number of Topliss-reactive ketones (excluding diaryl/α,β-unsaturated/α-hetero) is 1. The highest BCUT2D eigenvalue weighted by Gasteiger charge is 2.12. The van der Waals surface area contributed by atoms with Gasteiger partial charge in [0.05, 0.1) is 12.5 Å². The molecule has 0 aromatic carbocycles. The summed E-state index contributed by atoms with van der Waals surface area (Å²) in [5.41, 5.74) is 6.31. The smallest absolute Gasteiger partial charge is 0.140 e. The maximum Gasteiger partial charge on any atom is 0.140 e. The minimum Gasteiger partial charge on any atom is -0.472 e. The van der Waals surface area contributed by atoms with Gasteiger partial charge in [0.15, 0.2) is 0 Å². The maximum absolute atomic E-state index is 11.5. The molecule has 0 aliphatic carbocycles. The second-order valence-corrected chi connectivity index (χ2v) is 3.25. The van der Waals surface area contributed by atoms with E-state index in [1.54, 1.807) is 12.5 Å². The summed E-state index contributed by atoms with van der Waals surface area (Å²) >= 11 is 0. The minimum atomic E-state index is 0.0555. The molecule has 0 aliphatic heterocycles. The lowest BCUT2D eigenvalue weighted by Gasteiger charge is -2.06. The summed E-state index contributed by atoms with van der Waals surface area (Å²) in [6.07, 6.45) is 4.40. The molecule has 13 heavy (non-hydrogen) atoms. The lowest BCUT2D eigenvalue weighted by molar-refractivity contribution is -0.121. The molecule has 3 nitrogen and oxygen atoms in total. The van der Waals surface area contributed by atoms with E-state index in [-0.39, 0.29) is 11.7 Å². The topological polar surface area (TPSA) is 56.2 Å². The maximum atomic E-state index is 11.5. The lowest BCUT2D eigenvalue weighted by atomic mass is 9.98. The number of hydrogen-bond donors (Lipinski definition) is 1. The fourth-order valence-electron chi connectivity index (χ4n) is 1.18. The van der Waals surface area contributed by atoms with Crippen molar-refractivity contribution >= 4 is 5.78 Å². The summed E-state index contributed by atoms with van der Waals surface area (Å²) < 4.78 is 4.88. The fraction of sp³-hybridized carbons (Fsp3) is 0.500. The predicted molar refractivity (Wildman–Crippen MR) is 50.3 cm³/mol. The number of nitrogens with two attached hydrogens (primary N) is 1. The second-order valence-electron chi connectivity index (χ2n) is 3.25. The summed E-state index contributed by atoms with van der Waals surface area (Å²) in [4.78, 5) is 11.5. The van der Waals surface area contributed by atoms with Crippen LogP contribution in [0.3, 0.4) is 0 Å². The first-order chi connectivity index (χ1) is 6.24. The summed E-state index contributed by atoms with van der Waals surface area (Å²) in [6.45, 7) is 2.48. The Morgan fingerprint density at radius 2 is 2.46 bits per heavy atom. The predicted octanol–water partition coefficient (Wildman–Crippen LogP) is 1.38. The van der Waals surface area contributed by atoms with Crippen molar-refractivity contribution in [1.82, 2.24) is 0 Å². The van der Waals surface area contributed by atoms with Gasteiger partial charge in [-0.2, -0.15) is 0 Å². The number of carbonyl (C=O) groups excluding carboxylic acids is 1. The quantitative estimate of drug-likeness (QED) is 0.746. The van der Waals surface area contributed by atoms with Crippen molar-refractivity contribution in [2.75, 3.05) is 6.54 Å². The summed E-state index contributed by atoms with van der Waals surface area (Å²) in [5, 5.41) is 0. The average molecular weight is 181 g/mol. The number of furan rings is 1. The fourth-order valence-corrected chi connectivity index (χ4v) is 1.18. The molecule has 0 fully saturated rings. The molecule has 1 aromatic heterocycles. The van der Waals surface area contributed by atoms with E-state index in [0.29, 0.717) is 13.0 Å². The van der Waals surface area contributed by atoms with Crippen LogP contribution in [0, 0.1) is 5.92 Å². The molecular weight excluding hydrogens is 166 g/mol. The molecule has 1 atom stereocenters. The Labute approximate surface area is 77.9 Å². The molecule has 1 unspecified atom stereocenters.